The first-order valence-electron chi connectivity index (χ1n) is 9.12. The zero-order chi connectivity index (χ0) is 19.1. The number of piperidine rings is 1. The molecule has 0 bridgehead atoms. The molecule has 2 amide bonds. The van der Waals surface area contributed by atoms with E-state index < -0.39 is 0 Å². The maximum absolute atomic E-state index is 12.4. The lowest BCUT2D eigenvalue weighted by molar-refractivity contribution is 0.0958. The highest BCUT2D eigenvalue weighted by molar-refractivity contribution is 5.89. The Labute approximate surface area is 159 Å². The molecule has 0 aliphatic carbocycles. The summed E-state index contributed by atoms with van der Waals surface area (Å²) in [5, 5.41) is 24.4. The van der Waals surface area contributed by atoms with Crippen molar-refractivity contribution in [2.75, 3.05) is 25.0 Å². The van der Waals surface area contributed by atoms with Crippen molar-refractivity contribution in [3.05, 3.63) is 65.7 Å². The zero-order valence-corrected chi connectivity index (χ0v) is 15.1. The van der Waals surface area contributed by atoms with E-state index in [2.05, 4.69) is 33.7 Å². The molecule has 6 nitrogen and oxygen atoms in total. The van der Waals surface area contributed by atoms with E-state index in [1.54, 1.807) is 24.3 Å². The van der Waals surface area contributed by atoms with Crippen molar-refractivity contribution < 1.29 is 9.90 Å². The van der Waals surface area contributed by atoms with Crippen LogP contribution in [0.3, 0.4) is 0 Å². The highest BCUT2D eigenvalue weighted by atomic mass is 16.3. The van der Waals surface area contributed by atoms with E-state index in [4.69, 9.17) is 5.26 Å². The summed E-state index contributed by atoms with van der Waals surface area (Å²) in [6.07, 6.45) is 0.832. The van der Waals surface area contributed by atoms with Crippen LogP contribution in [0.5, 0.6) is 0 Å². The predicted octanol–water partition coefficient (Wildman–Crippen LogP) is 2.56. The minimum absolute atomic E-state index is 0.0354. The summed E-state index contributed by atoms with van der Waals surface area (Å²) in [6, 6.07) is 18.6. The molecule has 0 aromatic heterocycles. The van der Waals surface area contributed by atoms with Gasteiger partial charge in [-0.05, 0) is 36.7 Å². The number of hydrogen-bond donors (Lipinski definition) is 3. The molecule has 27 heavy (non-hydrogen) atoms. The van der Waals surface area contributed by atoms with Crippen LogP contribution in [0.1, 0.15) is 17.5 Å². The van der Waals surface area contributed by atoms with Crippen LogP contribution >= 0.6 is 0 Å². The first kappa shape index (κ1) is 18.9. The maximum atomic E-state index is 12.4. The Morgan fingerprint density at radius 1 is 1.22 bits per heavy atom. The smallest absolute Gasteiger partial charge is 0.319 e. The van der Waals surface area contributed by atoms with Crippen LogP contribution in [0.2, 0.25) is 0 Å². The summed E-state index contributed by atoms with van der Waals surface area (Å²) < 4.78 is 0. The number of anilines is 1. The van der Waals surface area contributed by atoms with Gasteiger partial charge in [0.05, 0.1) is 11.6 Å². The third-order valence-corrected chi connectivity index (χ3v) is 4.89. The van der Waals surface area contributed by atoms with Crippen LogP contribution in [-0.2, 0) is 6.54 Å². The highest BCUT2D eigenvalue weighted by Gasteiger charge is 2.30. The van der Waals surface area contributed by atoms with Gasteiger partial charge in [0.2, 0.25) is 0 Å². The molecule has 140 valence electrons. The van der Waals surface area contributed by atoms with Gasteiger partial charge in [-0.25, -0.2) is 4.79 Å². The largest absolute Gasteiger partial charge is 0.396 e. The molecule has 3 rings (SSSR count). The minimum Gasteiger partial charge on any atom is -0.396 e. The van der Waals surface area contributed by atoms with Crippen molar-refractivity contribution in [3.63, 3.8) is 0 Å². The summed E-state index contributed by atoms with van der Waals surface area (Å²) in [5.41, 5.74) is 2.30. The molecule has 1 fully saturated rings. The number of amides is 2. The monoisotopic (exact) mass is 364 g/mol. The van der Waals surface area contributed by atoms with Crippen molar-refractivity contribution in [2.24, 2.45) is 5.92 Å². The van der Waals surface area contributed by atoms with E-state index in [1.807, 2.05) is 18.2 Å². The zero-order valence-electron chi connectivity index (χ0n) is 15.1. The van der Waals surface area contributed by atoms with E-state index in [0.717, 1.165) is 19.5 Å². The molecule has 2 aromatic rings. The second-order valence-electron chi connectivity index (χ2n) is 6.85. The van der Waals surface area contributed by atoms with E-state index in [1.165, 1.54) is 5.56 Å². The Hall–Kier alpha value is -2.88. The molecule has 0 saturated carbocycles. The van der Waals surface area contributed by atoms with Crippen LogP contribution in [0.15, 0.2) is 54.6 Å². The van der Waals surface area contributed by atoms with Gasteiger partial charge < -0.3 is 15.7 Å². The van der Waals surface area contributed by atoms with Crippen molar-refractivity contribution in [3.8, 4) is 6.07 Å². The van der Waals surface area contributed by atoms with E-state index in [-0.39, 0.29) is 24.6 Å². The van der Waals surface area contributed by atoms with E-state index in [0.29, 0.717) is 17.8 Å². The number of hydrogen-bond acceptors (Lipinski definition) is 4. The maximum Gasteiger partial charge on any atom is 0.319 e. The number of nitrogens with one attached hydrogen (secondary N) is 2. The van der Waals surface area contributed by atoms with Crippen molar-refractivity contribution in [1.82, 2.24) is 10.2 Å². The van der Waals surface area contributed by atoms with Crippen molar-refractivity contribution in [1.29, 1.82) is 5.26 Å². The first-order chi connectivity index (χ1) is 13.2. The summed E-state index contributed by atoms with van der Waals surface area (Å²) in [7, 11) is 0. The Balaban J connectivity index is 1.60. The predicted molar refractivity (Wildman–Crippen MR) is 104 cm³/mol. The molecule has 2 unspecified atom stereocenters. The normalized spacial score (nSPS) is 19.9. The number of nitrogens with zero attached hydrogens (tertiary/aromatic N) is 2. The number of aliphatic hydroxyl groups excluding tert-OH is 1. The lowest BCUT2D eigenvalue weighted by atomic mass is 9.92. The van der Waals surface area contributed by atoms with Crippen molar-refractivity contribution >= 4 is 11.7 Å². The first-order valence-corrected chi connectivity index (χ1v) is 9.12. The Kier molecular flexibility index (Phi) is 6.42. The molecule has 2 aromatic carbocycles. The minimum atomic E-state index is -0.324. The second-order valence-corrected chi connectivity index (χ2v) is 6.85. The Bertz CT molecular complexity index is 803. The number of aliphatic hydroxyl groups is 1. The molecular formula is C21H24N4O2. The number of benzene rings is 2. The Morgan fingerprint density at radius 2 is 2.04 bits per heavy atom. The average molecular weight is 364 g/mol. The average Bonchev–Trinajstić information content (AvgIpc) is 2.69. The van der Waals surface area contributed by atoms with Gasteiger partial charge in [-0.3, -0.25) is 4.90 Å². The molecule has 3 N–H and O–H groups in total. The molecule has 0 radical (unpaired) electrons. The van der Waals surface area contributed by atoms with Crippen LogP contribution in [0, 0.1) is 17.2 Å². The molecule has 2 atom stereocenters. The van der Waals surface area contributed by atoms with Crippen LogP contribution in [0.25, 0.3) is 0 Å². The fraction of sp³-hybridized carbons (Fsp3) is 0.333. The number of likely N-dealkylation sites (tertiary alicyclic amines) is 1. The molecule has 0 spiro atoms. The quantitative estimate of drug-likeness (QED) is 0.761. The molecule has 6 heteroatoms. The lowest BCUT2D eigenvalue weighted by Gasteiger charge is -2.38. The van der Waals surface area contributed by atoms with Gasteiger partial charge in [0, 0.05) is 37.3 Å². The van der Waals surface area contributed by atoms with Crippen LogP contribution < -0.4 is 10.6 Å². The lowest BCUT2D eigenvalue weighted by Crippen LogP contribution is -2.54. The molecule has 1 aliphatic heterocycles. The number of carbonyl (C=O) groups excluding carboxylic acids is 1. The third-order valence-electron chi connectivity index (χ3n) is 4.89. The van der Waals surface area contributed by atoms with Gasteiger partial charge in [0.15, 0.2) is 0 Å². The van der Waals surface area contributed by atoms with E-state index >= 15 is 0 Å². The Morgan fingerprint density at radius 3 is 2.78 bits per heavy atom. The highest BCUT2D eigenvalue weighted by Crippen LogP contribution is 2.20. The van der Waals surface area contributed by atoms with Gasteiger partial charge in [0.25, 0.3) is 0 Å². The number of rotatable bonds is 5. The van der Waals surface area contributed by atoms with Gasteiger partial charge in [-0.1, -0.05) is 36.4 Å². The number of carbonyl (C=O) groups is 1. The molecular weight excluding hydrogens is 340 g/mol. The van der Waals surface area contributed by atoms with E-state index in [9.17, 15) is 9.90 Å². The fourth-order valence-electron chi connectivity index (χ4n) is 3.44. The van der Waals surface area contributed by atoms with Gasteiger partial charge in [-0.2, -0.15) is 5.26 Å². The number of urea groups is 1. The molecule has 1 aliphatic rings. The molecule has 1 heterocycles. The standard InChI is InChI=1S/C21H24N4O2/c22-12-17-7-4-8-19(11-17)23-21(27)24-20-14-25(10-9-18(20)15-26)13-16-5-2-1-3-6-16/h1-8,11,18,20,26H,9-10,13-15H2,(H2,23,24,27). The van der Waals surface area contributed by atoms with Crippen LogP contribution in [-0.4, -0.2) is 41.8 Å². The molecule has 1 saturated heterocycles. The van der Waals surface area contributed by atoms with Gasteiger partial charge in [-0.15, -0.1) is 0 Å². The SMILES string of the molecule is N#Cc1cccc(NC(=O)NC2CN(Cc3ccccc3)CCC2CO)c1. The topological polar surface area (TPSA) is 88.4 Å². The van der Waals surface area contributed by atoms with Gasteiger partial charge >= 0.3 is 6.03 Å². The third kappa shape index (κ3) is 5.30. The van der Waals surface area contributed by atoms with Crippen LogP contribution in [0.4, 0.5) is 10.5 Å². The fourth-order valence-corrected chi connectivity index (χ4v) is 3.44. The van der Waals surface area contributed by atoms with Gasteiger partial charge in [0.1, 0.15) is 0 Å². The van der Waals surface area contributed by atoms with Crippen molar-refractivity contribution in [2.45, 2.75) is 19.0 Å². The summed E-state index contributed by atoms with van der Waals surface area (Å²) in [5.74, 6) is 0.0354. The summed E-state index contributed by atoms with van der Waals surface area (Å²) >= 11 is 0. The second kappa shape index (κ2) is 9.17. The summed E-state index contributed by atoms with van der Waals surface area (Å²) in [6.45, 7) is 2.45. The summed E-state index contributed by atoms with van der Waals surface area (Å²) in [4.78, 5) is 14.7. The number of nitriles is 1.